The third-order valence-corrected chi connectivity index (χ3v) is 3.53. The van der Waals surface area contributed by atoms with E-state index in [9.17, 15) is 9.59 Å². The number of nitrogens with zero attached hydrogens (tertiary/aromatic N) is 1. The highest BCUT2D eigenvalue weighted by Gasteiger charge is 2.39. The molecule has 0 aliphatic carbocycles. The Labute approximate surface area is 111 Å². The molecule has 0 saturated carbocycles. The van der Waals surface area contributed by atoms with Gasteiger partial charge in [-0.2, -0.15) is 0 Å². The number of rotatable bonds is 4. The minimum atomic E-state index is -0.395. The normalized spacial score (nSPS) is 22.7. The molecule has 2 rings (SSSR count). The predicted molar refractivity (Wildman–Crippen MR) is 67.4 cm³/mol. The van der Waals surface area contributed by atoms with Crippen molar-refractivity contribution < 1.29 is 18.7 Å². The van der Waals surface area contributed by atoms with Gasteiger partial charge in [0.15, 0.2) is 5.76 Å². The molecule has 0 spiro atoms. The number of hydrogen-bond donors (Lipinski definition) is 1. The Kier molecular flexibility index (Phi) is 3.90. The molecule has 19 heavy (non-hydrogen) atoms. The molecule has 1 aromatic heterocycles. The number of carbonyl (C=O) groups excluding carboxylic acids is 2. The van der Waals surface area contributed by atoms with Crippen molar-refractivity contribution >= 4 is 11.8 Å². The Morgan fingerprint density at radius 2 is 2.26 bits per heavy atom. The Morgan fingerprint density at radius 1 is 1.53 bits per heavy atom. The number of aryl methyl sites for hydroxylation is 1. The number of carbonyl (C=O) groups is 2. The number of nitrogens with two attached hydrogens (primary N) is 1. The van der Waals surface area contributed by atoms with E-state index in [-0.39, 0.29) is 17.7 Å². The minimum absolute atomic E-state index is 0.0540. The summed E-state index contributed by atoms with van der Waals surface area (Å²) >= 11 is 0. The van der Waals surface area contributed by atoms with Crippen molar-refractivity contribution in [2.24, 2.45) is 17.6 Å². The lowest BCUT2D eigenvalue weighted by atomic mass is 9.96. The molecular weight excluding hydrogens is 248 g/mol. The first kappa shape index (κ1) is 13.6. The first-order valence-electron chi connectivity index (χ1n) is 6.16. The standard InChI is InChI=1S/C13H18N2O4/c1-8-3-4-19-11(8)13(17)15-5-9(7-18-2)10(6-15)12(14)16/h3-4,9-10H,5-7H2,1-2H3,(H2,14,16)/t9-,10+/m0/s1. The molecule has 2 amide bonds. The summed E-state index contributed by atoms with van der Waals surface area (Å²) in [4.78, 5) is 25.3. The lowest BCUT2D eigenvalue weighted by molar-refractivity contribution is -0.122. The van der Waals surface area contributed by atoms with E-state index in [4.69, 9.17) is 14.9 Å². The van der Waals surface area contributed by atoms with Gasteiger partial charge in [0.2, 0.25) is 5.91 Å². The van der Waals surface area contributed by atoms with Crippen molar-refractivity contribution in [3.05, 3.63) is 23.7 Å². The van der Waals surface area contributed by atoms with Crippen LogP contribution in [0.1, 0.15) is 16.1 Å². The van der Waals surface area contributed by atoms with Crippen LogP contribution < -0.4 is 5.73 Å². The number of furan rings is 1. The number of methoxy groups -OCH3 is 1. The minimum Gasteiger partial charge on any atom is -0.459 e. The van der Waals surface area contributed by atoms with E-state index in [1.807, 2.05) is 6.92 Å². The van der Waals surface area contributed by atoms with Crippen molar-refractivity contribution in [1.82, 2.24) is 4.90 Å². The van der Waals surface area contributed by atoms with E-state index in [0.29, 0.717) is 25.5 Å². The number of ether oxygens (including phenoxy) is 1. The van der Waals surface area contributed by atoms with Gasteiger partial charge >= 0.3 is 0 Å². The third kappa shape index (κ3) is 2.63. The Morgan fingerprint density at radius 3 is 2.79 bits per heavy atom. The summed E-state index contributed by atoms with van der Waals surface area (Å²) in [6.07, 6.45) is 1.48. The van der Waals surface area contributed by atoms with Crippen LogP contribution in [0.25, 0.3) is 0 Å². The fourth-order valence-electron chi connectivity index (χ4n) is 2.48. The maximum atomic E-state index is 12.3. The largest absolute Gasteiger partial charge is 0.459 e. The summed E-state index contributed by atoms with van der Waals surface area (Å²) in [6.45, 7) is 3.00. The maximum Gasteiger partial charge on any atom is 0.289 e. The molecule has 1 saturated heterocycles. The summed E-state index contributed by atoms with van der Waals surface area (Å²) in [7, 11) is 1.57. The number of hydrogen-bond acceptors (Lipinski definition) is 4. The second-order valence-electron chi connectivity index (χ2n) is 4.87. The molecule has 2 heterocycles. The van der Waals surface area contributed by atoms with Crippen LogP contribution in [-0.2, 0) is 9.53 Å². The molecule has 6 heteroatoms. The third-order valence-electron chi connectivity index (χ3n) is 3.53. The van der Waals surface area contributed by atoms with Gasteiger partial charge in [-0.05, 0) is 13.0 Å². The van der Waals surface area contributed by atoms with Crippen molar-refractivity contribution in [1.29, 1.82) is 0 Å². The van der Waals surface area contributed by atoms with Crippen molar-refractivity contribution in [3.8, 4) is 0 Å². The Balaban J connectivity index is 2.13. The molecule has 2 N–H and O–H groups in total. The molecule has 6 nitrogen and oxygen atoms in total. The molecule has 1 fully saturated rings. The number of primary amides is 1. The molecule has 0 bridgehead atoms. The topological polar surface area (TPSA) is 85.8 Å². The van der Waals surface area contributed by atoms with Crippen LogP contribution in [0.5, 0.6) is 0 Å². The lowest BCUT2D eigenvalue weighted by Gasteiger charge is -2.15. The average molecular weight is 266 g/mol. The van der Waals surface area contributed by atoms with Crippen LogP contribution in [0.2, 0.25) is 0 Å². The highest BCUT2D eigenvalue weighted by atomic mass is 16.5. The summed E-state index contributed by atoms with van der Waals surface area (Å²) in [5, 5.41) is 0. The van der Waals surface area contributed by atoms with Crippen molar-refractivity contribution in [2.75, 3.05) is 26.8 Å². The Hall–Kier alpha value is -1.82. The van der Waals surface area contributed by atoms with E-state index in [0.717, 1.165) is 5.56 Å². The van der Waals surface area contributed by atoms with Gasteiger partial charge in [-0.3, -0.25) is 9.59 Å². The van der Waals surface area contributed by atoms with E-state index < -0.39 is 5.91 Å². The van der Waals surface area contributed by atoms with Gasteiger partial charge in [0.25, 0.3) is 5.91 Å². The van der Waals surface area contributed by atoms with Crippen molar-refractivity contribution in [2.45, 2.75) is 6.92 Å². The molecule has 2 atom stereocenters. The van der Waals surface area contributed by atoms with E-state index in [1.54, 1.807) is 18.1 Å². The van der Waals surface area contributed by atoms with Gasteiger partial charge in [0, 0.05) is 31.7 Å². The zero-order chi connectivity index (χ0) is 14.0. The second kappa shape index (κ2) is 5.44. The fraction of sp³-hybridized carbons (Fsp3) is 0.538. The Bertz CT molecular complexity index is 483. The number of likely N-dealkylation sites (tertiary alicyclic amines) is 1. The van der Waals surface area contributed by atoms with Crippen LogP contribution >= 0.6 is 0 Å². The summed E-state index contributed by atoms with van der Waals surface area (Å²) in [6, 6.07) is 1.74. The monoisotopic (exact) mass is 266 g/mol. The zero-order valence-electron chi connectivity index (χ0n) is 11.1. The summed E-state index contributed by atoms with van der Waals surface area (Å²) < 4.78 is 10.3. The average Bonchev–Trinajstić information content (AvgIpc) is 2.95. The zero-order valence-corrected chi connectivity index (χ0v) is 11.1. The molecule has 0 aromatic carbocycles. The van der Waals surface area contributed by atoms with Gasteiger partial charge < -0.3 is 19.8 Å². The van der Waals surface area contributed by atoms with E-state index in [2.05, 4.69) is 0 Å². The highest BCUT2D eigenvalue weighted by molar-refractivity contribution is 5.93. The van der Waals surface area contributed by atoms with Gasteiger partial charge in [0.05, 0.1) is 18.8 Å². The first-order valence-corrected chi connectivity index (χ1v) is 6.16. The van der Waals surface area contributed by atoms with Crippen LogP contribution in [0.4, 0.5) is 0 Å². The van der Waals surface area contributed by atoms with Gasteiger partial charge in [-0.25, -0.2) is 0 Å². The molecule has 0 radical (unpaired) electrons. The molecule has 104 valence electrons. The first-order chi connectivity index (χ1) is 9.04. The van der Waals surface area contributed by atoms with E-state index in [1.165, 1.54) is 6.26 Å². The summed E-state index contributed by atoms with van der Waals surface area (Å²) in [5.41, 5.74) is 6.16. The molecular formula is C13H18N2O4. The van der Waals surface area contributed by atoms with Crippen molar-refractivity contribution in [3.63, 3.8) is 0 Å². The second-order valence-corrected chi connectivity index (χ2v) is 4.87. The van der Waals surface area contributed by atoms with Crippen LogP contribution in [-0.4, -0.2) is 43.5 Å². The molecule has 1 aromatic rings. The predicted octanol–water partition coefficient (Wildman–Crippen LogP) is 0.408. The van der Waals surface area contributed by atoms with Gasteiger partial charge in [-0.15, -0.1) is 0 Å². The number of amides is 2. The summed E-state index contributed by atoms with van der Waals surface area (Å²) in [5.74, 6) is -0.692. The molecule has 1 aliphatic rings. The van der Waals surface area contributed by atoms with E-state index >= 15 is 0 Å². The lowest BCUT2D eigenvalue weighted by Crippen LogP contribution is -2.32. The molecule has 0 unspecified atom stereocenters. The van der Waals surface area contributed by atoms with Crippen LogP contribution in [0.3, 0.4) is 0 Å². The maximum absolute atomic E-state index is 12.3. The highest BCUT2D eigenvalue weighted by Crippen LogP contribution is 2.26. The van der Waals surface area contributed by atoms with Gasteiger partial charge in [0.1, 0.15) is 0 Å². The van der Waals surface area contributed by atoms with Crippen LogP contribution in [0, 0.1) is 18.8 Å². The quantitative estimate of drug-likeness (QED) is 0.855. The fourth-order valence-corrected chi connectivity index (χ4v) is 2.48. The molecule has 1 aliphatic heterocycles. The SMILES string of the molecule is COC[C@@H]1CN(C(=O)c2occc2C)C[C@H]1C(N)=O. The smallest absolute Gasteiger partial charge is 0.289 e. The van der Waals surface area contributed by atoms with Gasteiger partial charge in [-0.1, -0.05) is 0 Å². The van der Waals surface area contributed by atoms with Crippen LogP contribution in [0.15, 0.2) is 16.7 Å².